The molecule has 352 valence electrons. The second kappa shape index (κ2) is 37.7. The molecule has 0 aromatic heterocycles. The van der Waals surface area contributed by atoms with Gasteiger partial charge in [0, 0.05) is 12.8 Å². The van der Waals surface area contributed by atoms with E-state index in [1.807, 2.05) is 0 Å². The lowest BCUT2D eigenvalue weighted by molar-refractivity contribution is -0.297. The molecular weight excluding hydrogens is 789 g/mol. The fourth-order valence-electron chi connectivity index (χ4n) is 7.30. The summed E-state index contributed by atoms with van der Waals surface area (Å²) in [5, 5.41) is 30.9. The van der Waals surface area contributed by atoms with Crippen LogP contribution >= 0.6 is 0 Å². The summed E-state index contributed by atoms with van der Waals surface area (Å²) in [7, 11) is -4.60. The Labute approximate surface area is 364 Å². The van der Waals surface area contributed by atoms with E-state index in [0.29, 0.717) is 12.8 Å². The molecule has 60 heavy (non-hydrogen) atoms. The van der Waals surface area contributed by atoms with Crippen LogP contribution in [0.4, 0.5) is 0 Å². The first-order chi connectivity index (χ1) is 29.0. The average Bonchev–Trinajstić information content (AvgIpc) is 3.21. The van der Waals surface area contributed by atoms with Crippen molar-refractivity contribution in [2.75, 3.05) is 19.0 Å². The standard InChI is InChI=1S/C47H86O12S/c1-3-5-7-9-11-13-15-17-18-19-20-21-22-24-26-28-30-32-34-36-43(49)58-40(38-57-47-46(52)45(51)44(50)41(59-47)39-60(53,54)55)37-56-42(48)35-33-31-29-27-25-23-16-14-12-10-8-6-4-2/h11,13,17-18,40-41,44-47,50-52H,3-10,12,14-16,19-39H2,1-2H3,(H,53,54,55)/b13-11+,18-17+/t40-,41-,44-,45?,46?,47+/m1/s1. The minimum atomic E-state index is -4.60. The lowest BCUT2D eigenvalue weighted by atomic mass is 10.00. The first-order valence-corrected chi connectivity index (χ1v) is 25.5. The summed E-state index contributed by atoms with van der Waals surface area (Å²) < 4.78 is 54.1. The van der Waals surface area contributed by atoms with Crippen LogP contribution in [0.15, 0.2) is 24.3 Å². The van der Waals surface area contributed by atoms with Crippen molar-refractivity contribution in [2.45, 2.75) is 243 Å². The number of aliphatic hydroxyl groups excluding tert-OH is 3. The Morgan fingerprint density at radius 2 is 1.00 bits per heavy atom. The third-order valence-electron chi connectivity index (χ3n) is 11.0. The molecule has 12 nitrogen and oxygen atoms in total. The van der Waals surface area contributed by atoms with Crippen LogP contribution in [0, 0.1) is 0 Å². The lowest BCUT2D eigenvalue weighted by Crippen LogP contribution is -2.60. The molecule has 1 aliphatic heterocycles. The highest BCUT2D eigenvalue weighted by Crippen LogP contribution is 2.24. The monoisotopic (exact) mass is 875 g/mol. The highest BCUT2D eigenvalue weighted by molar-refractivity contribution is 7.85. The van der Waals surface area contributed by atoms with Gasteiger partial charge in [0.2, 0.25) is 0 Å². The molecule has 0 aromatic rings. The van der Waals surface area contributed by atoms with Crippen molar-refractivity contribution in [3.8, 4) is 0 Å². The van der Waals surface area contributed by atoms with Crippen LogP contribution < -0.4 is 0 Å². The van der Waals surface area contributed by atoms with E-state index in [1.54, 1.807) is 0 Å². The fraction of sp³-hybridized carbons (Fsp3) is 0.872. The van der Waals surface area contributed by atoms with Crippen molar-refractivity contribution < 1.29 is 56.8 Å². The Kier molecular flexibility index (Phi) is 35.2. The predicted octanol–water partition coefficient (Wildman–Crippen LogP) is 10.0. The normalized spacial score (nSPS) is 20.3. The van der Waals surface area contributed by atoms with Crippen LogP contribution in [0.5, 0.6) is 0 Å². The van der Waals surface area contributed by atoms with E-state index < -0.39 is 71.2 Å². The molecule has 0 radical (unpaired) electrons. The second-order valence-electron chi connectivity index (χ2n) is 16.8. The van der Waals surface area contributed by atoms with Gasteiger partial charge in [-0.3, -0.25) is 14.1 Å². The van der Waals surface area contributed by atoms with E-state index in [-0.39, 0.29) is 19.4 Å². The highest BCUT2D eigenvalue weighted by atomic mass is 32.2. The first kappa shape index (κ1) is 56.1. The average molecular weight is 875 g/mol. The van der Waals surface area contributed by atoms with Crippen LogP contribution in [-0.4, -0.2) is 96.0 Å². The fourth-order valence-corrected chi connectivity index (χ4v) is 7.99. The van der Waals surface area contributed by atoms with Crippen molar-refractivity contribution >= 4 is 22.1 Å². The Balaban J connectivity index is 2.41. The smallest absolute Gasteiger partial charge is 0.306 e. The minimum Gasteiger partial charge on any atom is -0.462 e. The zero-order valence-corrected chi connectivity index (χ0v) is 38.4. The van der Waals surface area contributed by atoms with Crippen LogP contribution in [0.2, 0.25) is 0 Å². The molecule has 1 rings (SSSR count). The summed E-state index contributed by atoms with van der Waals surface area (Å²) >= 11 is 0. The van der Waals surface area contributed by atoms with Crippen molar-refractivity contribution in [2.24, 2.45) is 0 Å². The van der Waals surface area contributed by atoms with Crippen molar-refractivity contribution in [3.63, 3.8) is 0 Å². The van der Waals surface area contributed by atoms with Gasteiger partial charge in [0.1, 0.15) is 36.8 Å². The SMILES string of the molecule is CCCCC/C=C/C/C=C/CCCCCCCCCCCC(=O)O[C@H](COC(=O)CCCCCCCCCCCCCCC)CO[C@H]1O[C@H](CS(=O)(=O)O)[C@@H](O)C(O)C1O. The molecule has 0 aliphatic carbocycles. The maximum Gasteiger partial charge on any atom is 0.306 e. The van der Waals surface area contributed by atoms with Gasteiger partial charge in [0.15, 0.2) is 12.4 Å². The van der Waals surface area contributed by atoms with Gasteiger partial charge < -0.3 is 34.3 Å². The molecule has 0 saturated carbocycles. The molecule has 0 spiro atoms. The van der Waals surface area contributed by atoms with Gasteiger partial charge in [-0.1, -0.05) is 173 Å². The summed E-state index contributed by atoms with van der Waals surface area (Å²) in [5.41, 5.74) is 0. The van der Waals surface area contributed by atoms with E-state index in [1.165, 1.54) is 116 Å². The molecule has 0 aromatic carbocycles. The minimum absolute atomic E-state index is 0.162. The molecule has 1 aliphatic rings. The molecule has 0 amide bonds. The lowest BCUT2D eigenvalue weighted by Gasteiger charge is -2.40. The molecule has 1 saturated heterocycles. The Morgan fingerprint density at radius 3 is 1.50 bits per heavy atom. The zero-order chi connectivity index (χ0) is 44.1. The number of hydrogen-bond acceptors (Lipinski definition) is 11. The zero-order valence-electron chi connectivity index (χ0n) is 37.6. The van der Waals surface area contributed by atoms with Crippen LogP contribution in [0.25, 0.3) is 0 Å². The number of allylic oxidation sites excluding steroid dienone is 4. The topological polar surface area (TPSA) is 186 Å². The Hall–Kier alpha value is -1.87. The summed E-state index contributed by atoms with van der Waals surface area (Å²) in [4.78, 5) is 25.4. The largest absolute Gasteiger partial charge is 0.462 e. The van der Waals surface area contributed by atoms with Gasteiger partial charge in [-0.15, -0.1) is 0 Å². The third-order valence-corrected chi connectivity index (χ3v) is 11.8. The van der Waals surface area contributed by atoms with Gasteiger partial charge in [-0.2, -0.15) is 8.42 Å². The maximum atomic E-state index is 12.8. The van der Waals surface area contributed by atoms with Gasteiger partial charge in [0.05, 0.1) is 6.61 Å². The van der Waals surface area contributed by atoms with E-state index in [4.69, 9.17) is 18.9 Å². The molecule has 1 fully saturated rings. The molecule has 13 heteroatoms. The number of rotatable bonds is 40. The summed E-state index contributed by atoms with van der Waals surface area (Å²) in [6.45, 7) is 3.75. The quantitative estimate of drug-likeness (QED) is 0.0198. The van der Waals surface area contributed by atoms with Gasteiger partial charge in [-0.05, 0) is 44.9 Å². The molecule has 4 N–H and O–H groups in total. The van der Waals surface area contributed by atoms with E-state index in [2.05, 4.69) is 38.2 Å². The van der Waals surface area contributed by atoms with Crippen molar-refractivity contribution in [1.29, 1.82) is 0 Å². The predicted molar refractivity (Wildman–Crippen MR) is 238 cm³/mol. The summed E-state index contributed by atoms with van der Waals surface area (Å²) in [6, 6.07) is 0. The Morgan fingerprint density at radius 1 is 0.567 bits per heavy atom. The number of unbranched alkanes of at least 4 members (excludes halogenated alkanes) is 24. The number of ether oxygens (including phenoxy) is 4. The molecule has 2 unspecified atom stereocenters. The van der Waals surface area contributed by atoms with Crippen LogP contribution in [0.3, 0.4) is 0 Å². The van der Waals surface area contributed by atoms with Gasteiger partial charge in [0.25, 0.3) is 10.1 Å². The first-order valence-electron chi connectivity index (χ1n) is 23.9. The second-order valence-corrected chi connectivity index (χ2v) is 18.3. The number of hydrogen-bond donors (Lipinski definition) is 4. The van der Waals surface area contributed by atoms with E-state index in [9.17, 15) is 37.9 Å². The maximum absolute atomic E-state index is 12.8. The Bertz CT molecular complexity index is 1210. The van der Waals surface area contributed by atoms with Gasteiger partial charge >= 0.3 is 11.9 Å². The van der Waals surface area contributed by atoms with Crippen LogP contribution in [0.1, 0.15) is 206 Å². The number of carbonyl (C=O) groups is 2. The van der Waals surface area contributed by atoms with Crippen molar-refractivity contribution in [3.05, 3.63) is 24.3 Å². The highest BCUT2D eigenvalue weighted by Gasteiger charge is 2.46. The van der Waals surface area contributed by atoms with E-state index in [0.717, 1.165) is 51.4 Å². The van der Waals surface area contributed by atoms with E-state index >= 15 is 0 Å². The molecule has 0 bridgehead atoms. The molecular formula is C47H86O12S. The number of aliphatic hydroxyl groups is 3. The van der Waals surface area contributed by atoms with Crippen molar-refractivity contribution in [1.82, 2.24) is 0 Å². The molecule has 1 heterocycles. The summed E-state index contributed by atoms with van der Waals surface area (Å²) in [5.74, 6) is -1.98. The third kappa shape index (κ3) is 31.9. The molecule has 6 atom stereocenters. The number of esters is 2. The van der Waals surface area contributed by atoms with Gasteiger partial charge in [-0.25, -0.2) is 0 Å². The van der Waals surface area contributed by atoms with Crippen LogP contribution in [-0.2, 0) is 38.7 Å². The summed E-state index contributed by atoms with van der Waals surface area (Å²) in [6.07, 6.45) is 32.1. The number of carbonyl (C=O) groups excluding carboxylic acids is 2.